The lowest BCUT2D eigenvalue weighted by Crippen LogP contribution is -1.98. The van der Waals surface area contributed by atoms with Crippen molar-refractivity contribution in [1.82, 2.24) is 0 Å². The molecule has 0 radical (unpaired) electrons. The van der Waals surface area contributed by atoms with Crippen LogP contribution in [0.15, 0.2) is 22.7 Å². The van der Waals surface area contributed by atoms with Gasteiger partial charge in [0.15, 0.2) is 0 Å². The standard InChI is InChI=1S/C10H10Br2O2/c11-6-8-3-1-2-7(10(8)12)4-5-9(13)14/h1-3H,4-6H2,(H,13,14). The molecule has 0 spiro atoms. The summed E-state index contributed by atoms with van der Waals surface area (Å²) in [6.45, 7) is 0. The van der Waals surface area contributed by atoms with Crippen molar-refractivity contribution in [2.24, 2.45) is 0 Å². The lowest BCUT2D eigenvalue weighted by molar-refractivity contribution is -0.136. The van der Waals surface area contributed by atoms with E-state index in [2.05, 4.69) is 31.9 Å². The summed E-state index contributed by atoms with van der Waals surface area (Å²) in [5.41, 5.74) is 2.19. The van der Waals surface area contributed by atoms with Crippen molar-refractivity contribution >= 4 is 37.8 Å². The highest BCUT2D eigenvalue weighted by Crippen LogP contribution is 2.24. The highest BCUT2D eigenvalue weighted by molar-refractivity contribution is 9.10. The van der Waals surface area contributed by atoms with Gasteiger partial charge in [0.1, 0.15) is 0 Å². The highest BCUT2D eigenvalue weighted by Gasteiger charge is 2.06. The molecule has 0 saturated heterocycles. The number of hydrogen-bond acceptors (Lipinski definition) is 1. The van der Waals surface area contributed by atoms with Gasteiger partial charge < -0.3 is 5.11 Å². The van der Waals surface area contributed by atoms with Crippen LogP contribution in [-0.2, 0) is 16.5 Å². The van der Waals surface area contributed by atoms with Crippen molar-refractivity contribution in [2.45, 2.75) is 18.2 Å². The molecule has 1 N–H and O–H groups in total. The molecule has 1 rings (SSSR count). The summed E-state index contributed by atoms with van der Waals surface area (Å²) in [4.78, 5) is 10.4. The molecule has 4 heteroatoms. The Morgan fingerprint density at radius 2 is 2.00 bits per heavy atom. The molecular formula is C10H10Br2O2. The number of hydrogen-bond donors (Lipinski definition) is 1. The molecule has 1 aromatic rings. The van der Waals surface area contributed by atoms with Gasteiger partial charge in [-0.05, 0) is 17.5 Å². The molecule has 76 valence electrons. The first-order valence-corrected chi connectivity index (χ1v) is 6.10. The van der Waals surface area contributed by atoms with E-state index in [0.717, 1.165) is 20.9 Å². The molecule has 0 unspecified atom stereocenters. The minimum absolute atomic E-state index is 0.171. The van der Waals surface area contributed by atoms with Gasteiger partial charge in [0, 0.05) is 16.2 Å². The molecular weight excluding hydrogens is 312 g/mol. The van der Waals surface area contributed by atoms with E-state index in [1.165, 1.54) is 0 Å². The van der Waals surface area contributed by atoms with Crippen LogP contribution in [0, 0.1) is 0 Å². The monoisotopic (exact) mass is 320 g/mol. The number of carboxylic acid groups (broad SMARTS) is 1. The summed E-state index contributed by atoms with van der Waals surface area (Å²) in [7, 11) is 0. The van der Waals surface area contributed by atoms with E-state index in [4.69, 9.17) is 5.11 Å². The van der Waals surface area contributed by atoms with Crippen LogP contribution in [0.3, 0.4) is 0 Å². The molecule has 0 atom stereocenters. The molecule has 0 fully saturated rings. The average molecular weight is 322 g/mol. The summed E-state index contributed by atoms with van der Waals surface area (Å²) in [5, 5.41) is 9.34. The molecule has 14 heavy (non-hydrogen) atoms. The fraction of sp³-hybridized carbons (Fsp3) is 0.300. The number of halogens is 2. The second-order valence-corrected chi connectivity index (χ2v) is 4.27. The zero-order chi connectivity index (χ0) is 10.6. The first kappa shape index (κ1) is 11.7. The number of alkyl halides is 1. The maximum atomic E-state index is 10.4. The third-order valence-electron chi connectivity index (χ3n) is 1.91. The Kier molecular flexibility index (Phi) is 4.62. The van der Waals surface area contributed by atoms with Crippen LogP contribution in [-0.4, -0.2) is 11.1 Å². The van der Waals surface area contributed by atoms with Gasteiger partial charge in [-0.25, -0.2) is 0 Å². The molecule has 0 bridgehead atoms. The minimum Gasteiger partial charge on any atom is -0.481 e. The van der Waals surface area contributed by atoms with Gasteiger partial charge in [-0.1, -0.05) is 50.1 Å². The molecule has 1 aromatic carbocycles. The fourth-order valence-electron chi connectivity index (χ4n) is 1.17. The van der Waals surface area contributed by atoms with Gasteiger partial charge >= 0.3 is 5.97 Å². The second kappa shape index (κ2) is 5.51. The van der Waals surface area contributed by atoms with Crippen molar-refractivity contribution in [2.75, 3.05) is 0 Å². The van der Waals surface area contributed by atoms with E-state index in [1.54, 1.807) is 0 Å². The van der Waals surface area contributed by atoms with Gasteiger partial charge in [0.2, 0.25) is 0 Å². The molecule has 0 amide bonds. The molecule has 0 aromatic heterocycles. The van der Waals surface area contributed by atoms with Gasteiger partial charge in [0.05, 0.1) is 0 Å². The third-order valence-corrected chi connectivity index (χ3v) is 3.53. The summed E-state index contributed by atoms with van der Waals surface area (Å²) in [5.74, 6) is -0.763. The van der Waals surface area contributed by atoms with Crippen molar-refractivity contribution in [1.29, 1.82) is 0 Å². The van der Waals surface area contributed by atoms with Crippen LogP contribution in [0.4, 0.5) is 0 Å². The van der Waals surface area contributed by atoms with Crippen molar-refractivity contribution in [3.63, 3.8) is 0 Å². The van der Waals surface area contributed by atoms with E-state index < -0.39 is 5.97 Å². The number of aliphatic carboxylic acids is 1. The predicted octanol–water partition coefficient (Wildman–Crippen LogP) is 3.36. The Morgan fingerprint density at radius 1 is 1.36 bits per heavy atom. The predicted molar refractivity (Wildman–Crippen MR) is 62.7 cm³/mol. The Balaban J connectivity index is 2.81. The summed E-state index contributed by atoms with van der Waals surface area (Å²) < 4.78 is 1.01. The number of carboxylic acids is 1. The van der Waals surface area contributed by atoms with Gasteiger partial charge in [-0.2, -0.15) is 0 Å². The van der Waals surface area contributed by atoms with Crippen LogP contribution in [0.2, 0.25) is 0 Å². The maximum absolute atomic E-state index is 10.4. The lowest BCUT2D eigenvalue weighted by Gasteiger charge is -2.06. The van der Waals surface area contributed by atoms with Crippen LogP contribution in [0.1, 0.15) is 17.5 Å². The first-order chi connectivity index (χ1) is 6.65. The van der Waals surface area contributed by atoms with Gasteiger partial charge in [-0.15, -0.1) is 0 Å². The fourth-order valence-corrected chi connectivity index (χ4v) is 2.62. The average Bonchev–Trinajstić information content (AvgIpc) is 2.16. The molecule has 0 aliphatic rings. The first-order valence-electron chi connectivity index (χ1n) is 4.19. The maximum Gasteiger partial charge on any atom is 0.303 e. The second-order valence-electron chi connectivity index (χ2n) is 2.92. The van der Waals surface area contributed by atoms with E-state index in [9.17, 15) is 4.79 Å². The Bertz CT molecular complexity index is 337. The van der Waals surface area contributed by atoms with Gasteiger partial charge in [0.25, 0.3) is 0 Å². The quantitative estimate of drug-likeness (QED) is 0.863. The van der Waals surface area contributed by atoms with E-state index in [-0.39, 0.29) is 6.42 Å². The Labute approximate surface area is 99.6 Å². The Hall–Kier alpha value is -0.350. The largest absolute Gasteiger partial charge is 0.481 e. The normalized spacial score (nSPS) is 10.1. The number of aryl methyl sites for hydroxylation is 1. The number of rotatable bonds is 4. The number of benzene rings is 1. The lowest BCUT2D eigenvalue weighted by atomic mass is 10.1. The number of carbonyl (C=O) groups is 1. The third kappa shape index (κ3) is 3.10. The van der Waals surface area contributed by atoms with Crippen molar-refractivity contribution in [3.8, 4) is 0 Å². The van der Waals surface area contributed by atoms with Crippen LogP contribution < -0.4 is 0 Å². The summed E-state index contributed by atoms with van der Waals surface area (Å²) in [6.07, 6.45) is 0.737. The van der Waals surface area contributed by atoms with E-state index in [0.29, 0.717) is 6.42 Å². The van der Waals surface area contributed by atoms with E-state index >= 15 is 0 Å². The van der Waals surface area contributed by atoms with Gasteiger partial charge in [-0.3, -0.25) is 4.79 Å². The smallest absolute Gasteiger partial charge is 0.303 e. The van der Waals surface area contributed by atoms with Crippen LogP contribution in [0.25, 0.3) is 0 Å². The summed E-state index contributed by atoms with van der Waals surface area (Å²) >= 11 is 6.84. The van der Waals surface area contributed by atoms with Crippen LogP contribution in [0.5, 0.6) is 0 Å². The zero-order valence-corrected chi connectivity index (χ0v) is 10.6. The van der Waals surface area contributed by atoms with E-state index in [1.807, 2.05) is 18.2 Å². The molecule has 0 aliphatic heterocycles. The van der Waals surface area contributed by atoms with Crippen molar-refractivity contribution < 1.29 is 9.90 Å². The minimum atomic E-state index is -0.763. The molecule has 0 aliphatic carbocycles. The summed E-state index contributed by atoms with van der Waals surface area (Å²) in [6, 6.07) is 5.89. The molecule has 0 heterocycles. The highest BCUT2D eigenvalue weighted by atomic mass is 79.9. The topological polar surface area (TPSA) is 37.3 Å². The van der Waals surface area contributed by atoms with Crippen molar-refractivity contribution in [3.05, 3.63) is 33.8 Å². The SMILES string of the molecule is O=C(O)CCc1cccc(CBr)c1Br. The Morgan fingerprint density at radius 3 is 2.57 bits per heavy atom. The zero-order valence-electron chi connectivity index (χ0n) is 7.46. The molecule has 0 saturated carbocycles. The van der Waals surface area contributed by atoms with Crippen LogP contribution >= 0.6 is 31.9 Å². The molecule has 2 nitrogen and oxygen atoms in total.